The fraction of sp³-hybridized carbons (Fsp3) is 0.462. The number of rotatable bonds is 3. The Labute approximate surface area is 105 Å². The lowest BCUT2D eigenvalue weighted by atomic mass is 10.2. The molecule has 0 amide bonds. The van der Waals surface area contributed by atoms with Gasteiger partial charge in [-0.3, -0.25) is 9.80 Å². The van der Waals surface area contributed by atoms with E-state index in [9.17, 15) is 8.78 Å². The van der Waals surface area contributed by atoms with Crippen molar-refractivity contribution in [1.82, 2.24) is 9.80 Å². The summed E-state index contributed by atoms with van der Waals surface area (Å²) >= 11 is 0. The molecule has 1 aromatic carbocycles. The molecule has 0 unspecified atom stereocenters. The van der Waals surface area contributed by atoms with Crippen LogP contribution in [-0.4, -0.2) is 42.5 Å². The summed E-state index contributed by atoms with van der Waals surface area (Å²) in [4.78, 5) is 4.18. The maximum Gasteiger partial charge on any atom is 0.130 e. The van der Waals surface area contributed by atoms with Gasteiger partial charge in [-0.15, -0.1) is 0 Å². The maximum absolute atomic E-state index is 13.5. The first-order valence-electron chi connectivity index (χ1n) is 5.94. The zero-order valence-corrected chi connectivity index (χ0v) is 10.1. The lowest BCUT2D eigenvalue weighted by Crippen LogP contribution is -2.45. The lowest BCUT2D eigenvalue weighted by Gasteiger charge is -2.33. The molecule has 0 atom stereocenters. The predicted molar refractivity (Wildman–Crippen MR) is 63.7 cm³/mol. The molecule has 1 heterocycles. The molecule has 18 heavy (non-hydrogen) atoms. The lowest BCUT2D eigenvalue weighted by molar-refractivity contribution is 0.137. The fourth-order valence-electron chi connectivity index (χ4n) is 2.10. The van der Waals surface area contributed by atoms with Crippen LogP contribution >= 0.6 is 0 Å². The Morgan fingerprint density at radius 2 is 1.78 bits per heavy atom. The summed E-state index contributed by atoms with van der Waals surface area (Å²) in [6.45, 7) is 4.18. The summed E-state index contributed by atoms with van der Waals surface area (Å²) in [5, 5.41) is 8.59. The second-order valence-electron chi connectivity index (χ2n) is 4.45. The van der Waals surface area contributed by atoms with Crippen molar-refractivity contribution in [3.05, 3.63) is 35.4 Å². The SMILES string of the molecule is N#CCN1CCN(Cc2ccc(F)cc2F)CC1. The molecule has 5 heteroatoms. The first-order chi connectivity index (χ1) is 8.69. The molecule has 0 spiro atoms. The second-order valence-corrected chi connectivity index (χ2v) is 4.45. The van der Waals surface area contributed by atoms with Crippen LogP contribution in [0.4, 0.5) is 8.78 Å². The number of nitriles is 1. The number of hydrogen-bond donors (Lipinski definition) is 0. The molecular formula is C13H15F2N3. The number of hydrogen-bond acceptors (Lipinski definition) is 3. The molecule has 1 aliphatic heterocycles. The third-order valence-electron chi connectivity index (χ3n) is 3.17. The van der Waals surface area contributed by atoms with Crippen LogP contribution in [0.2, 0.25) is 0 Å². The standard InChI is InChI=1S/C13H15F2N3/c14-12-2-1-11(13(15)9-12)10-18-7-5-17(4-3-16)6-8-18/h1-2,9H,4-8,10H2. The molecule has 0 N–H and O–H groups in total. The monoisotopic (exact) mass is 251 g/mol. The van der Waals surface area contributed by atoms with Gasteiger partial charge in [0.25, 0.3) is 0 Å². The zero-order chi connectivity index (χ0) is 13.0. The largest absolute Gasteiger partial charge is 0.296 e. The summed E-state index contributed by atoms with van der Waals surface area (Å²) < 4.78 is 26.3. The molecule has 0 radical (unpaired) electrons. The molecule has 0 aliphatic carbocycles. The zero-order valence-electron chi connectivity index (χ0n) is 10.1. The van der Waals surface area contributed by atoms with Crippen LogP contribution in [0.5, 0.6) is 0 Å². The molecule has 1 aliphatic rings. The van der Waals surface area contributed by atoms with Crippen LogP contribution in [0.15, 0.2) is 18.2 Å². The second kappa shape index (κ2) is 5.89. The summed E-state index contributed by atoms with van der Waals surface area (Å²) in [6.07, 6.45) is 0. The van der Waals surface area contributed by atoms with Gasteiger partial charge >= 0.3 is 0 Å². The molecule has 0 saturated carbocycles. The average molecular weight is 251 g/mol. The van der Waals surface area contributed by atoms with E-state index >= 15 is 0 Å². The van der Waals surface area contributed by atoms with E-state index in [2.05, 4.69) is 15.9 Å². The predicted octanol–water partition coefficient (Wildman–Crippen LogP) is 1.61. The highest BCUT2D eigenvalue weighted by Gasteiger charge is 2.17. The van der Waals surface area contributed by atoms with Gasteiger partial charge in [0.05, 0.1) is 12.6 Å². The minimum atomic E-state index is -0.546. The molecule has 1 saturated heterocycles. The Kier molecular flexibility index (Phi) is 4.24. The van der Waals surface area contributed by atoms with Crippen LogP contribution in [0.3, 0.4) is 0 Å². The number of nitrogens with zero attached hydrogens (tertiary/aromatic N) is 3. The Bertz CT molecular complexity index is 448. The van der Waals surface area contributed by atoms with Crippen LogP contribution in [-0.2, 0) is 6.54 Å². The van der Waals surface area contributed by atoms with Gasteiger partial charge in [0.15, 0.2) is 0 Å². The van der Waals surface area contributed by atoms with Crippen molar-refractivity contribution in [1.29, 1.82) is 5.26 Å². The van der Waals surface area contributed by atoms with Crippen molar-refractivity contribution in [3.8, 4) is 6.07 Å². The van der Waals surface area contributed by atoms with Crippen molar-refractivity contribution in [2.45, 2.75) is 6.54 Å². The summed E-state index contributed by atoms with van der Waals surface area (Å²) in [5.41, 5.74) is 0.519. The van der Waals surface area contributed by atoms with E-state index in [1.54, 1.807) is 0 Å². The number of piperazine rings is 1. The average Bonchev–Trinajstić information content (AvgIpc) is 2.35. The molecular weight excluding hydrogens is 236 g/mol. The number of halogens is 2. The van der Waals surface area contributed by atoms with Crippen molar-refractivity contribution in [2.24, 2.45) is 0 Å². The van der Waals surface area contributed by atoms with Crippen molar-refractivity contribution >= 4 is 0 Å². The normalized spacial score (nSPS) is 17.6. The van der Waals surface area contributed by atoms with Crippen LogP contribution < -0.4 is 0 Å². The third-order valence-corrected chi connectivity index (χ3v) is 3.17. The Balaban J connectivity index is 1.90. The first kappa shape index (κ1) is 12.9. The van der Waals surface area contributed by atoms with Gasteiger partial charge in [0.2, 0.25) is 0 Å². The van der Waals surface area contributed by atoms with E-state index in [0.717, 1.165) is 32.2 Å². The highest BCUT2D eigenvalue weighted by atomic mass is 19.1. The van der Waals surface area contributed by atoms with Crippen LogP contribution in [0, 0.1) is 23.0 Å². The smallest absolute Gasteiger partial charge is 0.130 e. The topological polar surface area (TPSA) is 30.3 Å². The minimum absolute atomic E-state index is 0.443. The van der Waals surface area contributed by atoms with Gasteiger partial charge in [-0.25, -0.2) is 8.78 Å². The van der Waals surface area contributed by atoms with Crippen LogP contribution in [0.25, 0.3) is 0 Å². The van der Waals surface area contributed by atoms with Crippen molar-refractivity contribution in [3.63, 3.8) is 0 Å². The maximum atomic E-state index is 13.5. The first-order valence-corrected chi connectivity index (χ1v) is 5.94. The van der Waals surface area contributed by atoms with Gasteiger partial charge in [-0.1, -0.05) is 6.07 Å². The van der Waals surface area contributed by atoms with Gasteiger partial charge in [0, 0.05) is 44.4 Å². The van der Waals surface area contributed by atoms with Crippen LogP contribution in [0.1, 0.15) is 5.56 Å². The Hall–Kier alpha value is -1.51. The van der Waals surface area contributed by atoms with Crippen molar-refractivity contribution in [2.75, 3.05) is 32.7 Å². The third kappa shape index (κ3) is 3.25. The minimum Gasteiger partial charge on any atom is -0.296 e. The molecule has 1 aromatic rings. The molecule has 96 valence electrons. The van der Waals surface area contributed by atoms with E-state index in [4.69, 9.17) is 5.26 Å². The number of benzene rings is 1. The quantitative estimate of drug-likeness (QED) is 0.764. The highest BCUT2D eigenvalue weighted by molar-refractivity contribution is 5.18. The van der Waals surface area contributed by atoms with E-state index in [-0.39, 0.29) is 0 Å². The molecule has 1 fully saturated rings. The van der Waals surface area contributed by atoms with Gasteiger partial charge in [-0.2, -0.15) is 5.26 Å². The summed E-state index contributed by atoms with van der Waals surface area (Å²) in [5.74, 6) is -1.04. The van der Waals surface area contributed by atoms with E-state index < -0.39 is 11.6 Å². The molecule has 3 nitrogen and oxygen atoms in total. The Morgan fingerprint density at radius 1 is 1.11 bits per heavy atom. The Morgan fingerprint density at radius 3 is 2.39 bits per heavy atom. The molecule has 0 aromatic heterocycles. The summed E-state index contributed by atoms with van der Waals surface area (Å²) in [7, 11) is 0. The van der Waals surface area contributed by atoms with Crippen molar-refractivity contribution < 1.29 is 8.78 Å². The van der Waals surface area contributed by atoms with E-state index in [1.807, 2.05) is 0 Å². The van der Waals surface area contributed by atoms with Gasteiger partial charge < -0.3 is 0 Å². The molecule has 2 rings (SSSR count). The molecule has 0 bridgehead atoms. The van der Waals surface area contributed by atoms with Gasteiger partial charge in [-0.05, 0) is 6.07 Å². The van der Waals surface area contributed by atoms with E-state index in [0.29, 0.717) is 18.7 Å². The van der Waals surface area contributed by atoms with E-state index in [1.165, 1.54) is 12.1 Å². The fourth-order valence-corrected chi connectivity index (χ4v) is 2.10. The summed E-state index contributed by atoms with van der Waals surface area (Å²) in [6, 6.07) is 5.82. The highest BCUT2D eigenvalue weighted by Crippen LogP contribution is 2.13. The van der Waals surface area contributed by atoms with Gasteiger partial charge in [0.1, 0.15) is 11.6 Å².